The van der Waals surface area contributed by atoms with Gasteiger partial charge in [0.1, 0.15) is 10.6 Å². The normalized spacial score (nSPS) is 19.7. The van der Waals surface area contributed by atoms with Gasteiger partial charge in [-0.05, 0) is 44.0 Å². The maximum atomic E-state index is 12.7. The zero-order valence-corrected chi connectivity index (χ0v) is 13.9. The Balaban J connectivity index is 2.20. The summed E-state index contributed by atoms with van der Waals surface area (Å²) in [6.45, 7) is 2.37. The molecule has 5 nitrogen and oxygen atoms in total. The van der Waals surface area contributed by atoms with Gasteiger partial charge < -0.3 is 10.1 Å². The number of ether oxygens (including phenoxy) is 1. The molecule has 0 amide bonds. The number of sulfonamides is 1. The minimum Gasteiger partial charge on any atom is -0.495 e. The number of hydrogen-bond acceptors (Lipinski definition) is 4. The van der Waals surface area contributed by atoms with Crippen LogP contribution in [0.3, 0.4) is 0 Å². The Morgan fingerprint density at radius 1 is 1.48 bits per heavy atom. The Morgan fingerprint density at radius 2 is 2.24 bits per heavy atom. The van der Waals surface area contributed by atoms with Crippen LogP contribution in [-0.4, -0.2) is 46.5 Å². The van der Waals surface area contributed by atoms with E-state index in [1.807, 2.05) is 0 Å². The molecule has 1 aliphatic rings. The Kier molecular flexibility index (Phi) is 5.48. The summed E-state index contributed by atoms with van der Waals surface area (Å²) in [7, 11) is -0.527. The molecule has 0 saturated carbocycles. The van der Waals surface area contributed by atoms with Crippen molar-refractivity contribution in [2.75, 3.05) is 33.8 Å². The highest BCUT2D eigenvalue weighted by Crippen LogP contribution is 2.29. The highest BCUT2D eigenvalue weighted by molar-refractivity contribution is 7.89. The van der Waals surface area contributed by atoms with E-state index >= 15 is 0 Å². The number of nitrogens with one attached hydrogen (secondary N) is 1. The summed E-state index contributed by atoms with van der Waals surface area (Å²) in [4.78, 5) is 0.153. The summed E-state index contributed by atoms with van der Waals surface area (Å²) in [5.74, 6) is 0.618. The molecule has 1 fully saturated rings. The van der Waals surface area contributed by atoms with Crippen molar-refractivity contribution in [2.45, 2.75) is 17.7 Å². The van der Waals surface area contributed by atoms with Gasteiger partial charge >= 0.3 is 0 Å². The molecule has 0 bridgehead atoms. The molecule has 1 atom stereocenters. The second-order valence-corrected chi connectivity index (χ2v) is 7.74. The average molecular weight is 333 g/mol. The molecule has 1 aromatic rings. The quantitative estimate of drug-likeness (QED) is 0.895. The van der Waals surface area contributed by atoms with Gasteiger partial charge in [-0.1, -0.05) is 11.6 Å². The Morgan fingerprint density at radius 3 is 2.86 bits per heavy atom. The van der Waals surface area contributed by atoms with E-state index in [0.29, 0.717) is 17.5 Å². The fourth-order valence-electron chi connectivity index (χ4n) is 2.56. The minimum absolute atomic E-state index is 0.153. The maximum absolute atomic E-state index is 12.7. The second kappa shape index (κ2) is 6.96. The van der Waals surface area contributed by atoms with E-state index in [1.54, 1.807) is 13.1 Å². The second-order valence-electron chi connectivity index (χ2n) is 5.29. The smallest absolute Gasteiger partial charge is 0.246 e. The first kappa shape index (κ1) is 16.5. The summed E-state index contributed by atoms with van der Waals surface area (Å²) in [5.41, 5.74) is 0. The molecule has 1 aliphatic heterocycles. The molecule has 1 heterocycles. The first-order valence-corrected chi connectivity index (χ1v) is 8.77. The van der Waals surface area contributed by atoms with Crippen molar-refractivity contribution >= 4 is 21.6 Å². The van der Waals surface area contributed by atoms with E-state index in [1.165, 1.54) is 23.5 Å². The van der Waals surface area contributed by atoms with Crippen LogP contribution < -0.4 is 10.1 Å². The molecule has 0 aromatic heterocycles. The van der Waals surface area contributed by atoms with Crippen molar-refractivity contribution in [1.82, 2.24) is 9.62 Å². The van der Waals surface area contributed by atoms with Crippen LogP contribution >= 0.6 is 11.6 Å². The van der Waals surface area contributed by atoms with Gasteiger partial charge in [0, 0.05) is 24.7 Å². The third-order valence-corrected chi connectivity index (χ3v) is 5.83. The molecule has 2 rings (SSSR count). The molecule has 1 N–H and O–H groups in total. The molecule has 0 radical (unpaired) electrons. The lowest BCUT2D eigenvalue weighted by Gasteiger charge is -2.27. The summed E-state index contributed by atoms with van der Waals surface area (Å²) in [5, 5.41) is 3.75. The Bertz CT molecular complexity index is 586. The average Bonchev–Trinajstić information content (AvgIpc) is 2.47. The topological polar surface area (TPSA) is 58.6 Å². The van der Waals surface area contributed by atoms with Crippen LogP contribution in [0.25, 0.3) is 0 Å². The number of halogens is 1. The predicted octanol–water partition coefficient (Wildman–Crippen LogP) is 1.97. The van der Waals surface area contributed by atoms with E-state index in [2.05, 4.69) is 5.32 Å². The largest absolute Gasteiger partial charge is 0.495 e. The Labute approximate surface area is 131 Å². The highest BCUT2D eigenvalue weighted by Gasteiger charge is 2.27. The highest BCUT2D eigenvalue weighted by atomic mass is 35.5. The minimum atomic E-state index is -3.58. The van der Waals surface area contributed by atoms with Gasteiger partial charge in [0.05, 0.1) is 7.11 Å². The molecule has 1 unspecified atom stereocenters. The fourth-order valence-corrected chi connectivity index (χ4v) is 4.11. The van der Waals surface area contributed by atoms with Gasteiger partial charge in [-0.25, -0.2) is 12.7 Å². The fraction of sp³-hybridized carbons (Fsp3) is 0.571. The molecule has 7 heteroatoms. The number of methoxy groups -OCH3 is 1. The predicted molar refractivity (Wildman–Crippen MR) is 83.4 cm³/mol. The first-order chi connectivity index (χ1) is 9.95. The lowest BCUT2D eigenvalue weighted by Crippen LogP contribution is -2.39. The zero-order valence-electron chi connectivity index (χ0n) is 12.3. The summed E-state index contributed by atoms with van der Waals surface area (Å²) in [6.07, 6.45) is 2.13. The molecule has 0 aliphatic carbocycles. The number of nitrogens with zero attached hydrogens (tertiary/aromatic N) is 1. The zero-order chi connectivity index (χ0) is 15.5. The van der Waals surface area contributed by atoms with Gasteiger partial charge in [-0.3, -0.25) is 0 Å². The van der Waals surface area contributed by atoms with Crippen molar-refractivity contribution in [3.63, 3.8) is 0 Å². The van der Waals surface area contributed by atoms with Gasteiger partial charge in [0.25, 0.3) is 0 Å². The molecule has 1 aromatic carbocycles. The van der Waals surface area contributed by atoms with Crippen molar-refractivity contribution in [3.05, 3.63) is 23.2 Å². The molecule has 0 spiro atoms. The standard InChI is InChI=1S/C14H21ClN2O3S/c1-17(10-11-4-3-7-16-9-11)21(18,19)14-6-5-12(15)8-13(14)20-2/h5-6,8,11,16H,3-4,7,9-10H2,1-2H3. The number of piperidine rings is 1. The van der Waals surface area contributed by atoms with E-state index in [0.717, 1.165) is 25.9 Å². The van der Waals surface area contributed by atoms with Crippen molar-refractivity contribution in [2.24, 2.45) is 5.92 Å². The Hall–Kier alpha value is -0.820. The van der Waals surface area contributed by atoms with Crippen LogP contribution in [0, 0.1) is 5.92 Å². The van der Waals surface area contributed by atoms with Gasteiger partial charge in [0.2, 0.25) is 10.0 Å². The van der Waals surface area contributed by atoms with E-state index < -0.39 is 10.0 Å². The number of benzene rings is 1. The third kappa shape index (κ3) is 3.88. The molecular weight excluding hydrogens is 312 g/mol. The molecule has 21 heavy (non-hydrogen) atoms. The van der Waals surface area contributed by atoms with Crippen LogP contribution in [0.5, 0.6) is 5.75 Å². The van der Waals surface area contributed by atoms with Gasteiger partial charge in [-0.15, -0.1) is 0 Å². The molecule has 1 saturated heterocycles. The van der Waals surface area contributed by atoms with Gasteiger partial charge in [0.15, 0.2) is 0 Å². The molecular formula is C14H21ClN2O3S. The van der Waals surface area contributed by atoms with Crippen LogP contribution in [0.1, 0.15) is 12.8 Å². The SMILES string of the molecule is COc1cc(Cl)ccc1S(=O)(=O)N(C)CC1CCCNC1. The van der Waals surface area contributed by atoms with Gasteiger partial charge in [-0.2, -0.15) is 0 Å². The summed E-state index contributed by atoms with van der Waals surface area (Å²) < 4.78 is 31.9. The van der Waals surface area contributed by atoms with Crippen molar-refractivity contribution < 1.29 is 13.2 Å². The van der Waals surface area contributed by atoms with Crippen LogP contribution in [0.4, 0.5) is 0 Å². The summed E-state index contributed by atoms with van der Waals surface area (Å²) >= 11 is 5.88. The number of hydrogen-bond donors (Lipinski definition) is 1. The van der Waals surface area contributed by atoms with E-state index in [4.69, 9.17) is 16.3 Å². The lowest BCUT2D eigenvalue weighted by molar-refractivity contribution is 0.313. The van der Waals surface area contributed by atoms with Crippen LogP contribution in [0.2, 0.25) is 5.02 Å². The maximum Gasteiger partial charge on any atom is 0.246 e. The monoisotopic (exact) mass is 332 g/mol. The summed E-state index contributed by atoms with van der Waals surface area (Å²) in [6, 6.07) is 4.57. The van der Waals surface area contributed by atoms with Crippen molar-refractivity contribution in [3.8, 4) is 5.75 Å². The van der Waals surface area contributed by atoms with E-state index in [9.17, 15) is 8.42 Å². The van der Waals surface area contributed by atoms with Crippen molar-refractivity contribution in [1.29, 1.82) is 0 Å². The third-order valence-electron chi connectivity index (χ3n) is 3.73. The number of rotatable bonds is 5. The lowest BCUT2D eigenvalue weighted by atomic mass is 10.00. The van der Waals surface area contributed by atoms with Crippen LogP contribution in [-0.2, 0) is 10.0 Å². The van der Waals surface area contributed by atoms with E-state index in [-0.39, 0.29) is 10.6 Å². The van der Waals surface area contributed by atoms with Crippen LogP contribution in [0.15, 0.2) is 23.1 Å². The first-order valence-electron chi connectivity index (χ1n) is 6.95. The molecule has 118 valence electrons.